The predicted octanol–water partition coefficient (Wildman–Crippen LogP) is 4.48. The van der Waals surface area contributed by atoms with Gasteiger partial charge in [0.05, 0.1) is 18.8 Å². The third-order valence-electron chi connectivity index (χ3n) is 4.67. The van der Waals surface area contributed by atoms with Crippen molar-refractivity contribution >= 4 is 0 Å². The van der Waals surface area contributed by atoms with Gasteiger partial charge >= 0.3 is 0 Å². The molecule has 1 saturated carbocycles. The fraction of sp³-hybridized carbons (Fsp3) is 0.684. The van der Waals surface area contributed by atoms with E-state index in [9.17, 15) is 0 Å². The molecular weight excluding hydrogens is 258 g/mol. The molecule has 2 rings (SSSR count). The van der Waals surface area contributed by atoms with Gasteiger partial charge in [-0.25, -0.2) is 0 Å². The molecule has 118 valence electrons. The Labute approximate surface area is 130 Å². The van der Waals surface area contributed by atoms with Crippen molar-refractivity contribution in [1.29, 1.82) is 0 Å². The van der Waals surface area contributed by atoms with Crippen LogP contribution >= 0.6 is 0 Å². The zero-order valence-electron chi connectivity index (χ0n) is 14.1. The SMILES string of the molecule is CCc1ccc(C(N)COC2CC(C)CC(C)(C)C2)cc1. The monoisotopic (exact) mass is 289 g/mol. The lowest BCUT2D eigenvalue weighted by Gasteiger charge is -2.39. The summed E-state index contributed by atoms with van der Waals surface area (Å²) in [6.07, 6.45) is 5.06. The van der Waals surface area contributed by atoms with Crippen molar-refractivity contribution in [3.63, 3.8) is 0 Å². The number of ether oxygens (including phenoxy) is 1. The highest BCUT2D eigenvalue weighted by Crippen LogP contribution is 2.39. The second kappa shape index (κ2) is 6.93. The van der Waals surface area contributed by atoms with Crippen LogP contribution in [0.2, 0.25) is 0 Å². The molecule has 0 aliphatic heterocycles. The molecule has 1 aromatic carbocycles. The van der Waals surface area contributed by atoms with Crippen molar-refractivity contribution in [3.8, 4) is 0 Å². The van der Waals surface area contributed by atoms with E-state index >= 15 is 0 Å². The van der Waals surface area contributed by atoms with Crippen molar-refractivity contribution in [1.82, 2.24) is 0 Å². The van der Waals surface area contributed by atoms with Gasteiger partial charge in [-0.1, -0.05) is 52.0 Å². The largest absolute Gasteiger partial charge is 0.376 e. The van der Waals surface area contributed by atoms with Gasteiger partial charge in [-0.15, -0.1) is 0 Å². The van der Waals surface area contributed by atoms with Crippen molar-refractivity contribution in [3.05, 3.63) is 35.4 Å². The summed E-state index contributed by atoms with van der Waals surface area (Å²) in [5.74, 6) is 0.749. The van der Waals surface area contributed by atoms with Crippen molar-refractivity contribution < 1.29 is 4.74 Å². The van der Waals surface area contributed by atoms with Crippen LogP contribution in [0.5, 0.6) is 0 Å². The molecule has 1 aromatic rings. The summed E-state index contributed by atoms with van der Waals surface area (Å²) >= 11 is 0. The summed E-state index contributed by atoms with van der Waals surface area (Å²) in [6.45, 7) is 9.83. The van der Waals surface area contributed by atoms with Crippen molar-refractivity contribution in [2.75, 3.05) is 6.61 Å². The normalized spacial score (nSPS) is 26.5. The molecule has 2 N–H and O–H groups in total. The second-order valence-electron chi connectivity index (χ2n) is 7.57. The molecule has 0 amide bonds. The summed E-state index contributed by atoms with van der Waals surface area (Å²) in [4.78, 5) is 0. The van der Waals surface area contributed by atoms with Gasteiger partial charge in [0.15, 0.2) is 0 Å². The molecule has 2 heteroatoms. The van der Waals surface area contributed by atoms with Crippen molar-refractivity contribution in [2.45, 2.75) is 65.5 Å². The molecule has 1 aliphatic rings. The van der Waals surface area contributed by atoms with Crippen LogP contribution in [0.25, 0.3) is 0 Å². The first kappa shape index (κ1) is 16.5. The topological polar surface area (TPSA) is 35.2 Å². The van der Waals surface area contributed by atoms with E-state index in [1.807, 2.05) is 0 Å². The zero-order valence-corrected chi connectivity index (χ0v) is 14.1. The molecule has 0 bridgehead atoms. The van der Waals surface area contributed by atoms with E-state index in [1.165, 1.54) is 24.0 Å². The molecule has 0 saturated heterocycles. The fourth-order valence-corrected chi connectivity index (χ4v) is 3.72. The minimum absolute atomic E-state index is 0.0174. The number of nitrogens with two attached hydrogens (primary N) is 1. The maximum absolute atomic E-state index is 6.28. The number of hydrogen-bond acceptors (Lipinski definition) is 2. The Hall–Kier alpha value is -0.860. The van der Waals surface area contributed by atoms with Crippen LogP contribution in [0, 0.1) is 11.3 Å². The molecule has 21 heavy (non-hydrogen) atoms. The van der Waals surface area contributed by atoms with E-state index in [2.05, 4.69) is 52.0 Å². The van der Waals surface area contributed by atoms with E-state index in [0.29, 0.717) is 18.1 Å². The molecule has 2 nitrogen and oxygen atoms in total. The fourth-order valence-electron chi connectivity index (χ4n) is 3.72. The summed E-state index contributed by atoms with van der Waals surface area (Å²) in [5.41, 5.74) is 9.21. The summed E-state index contributed by atoms with van der Waals surface area (Å²) < 4.78 is 6.14. The van der Waals surface area contributed by atoms with E-state index in [0.717, 1.165) is 18.8 Å². The van der Waals surface area contributed by atoms with Crippen LogP contribution < -0.4 is 5.73 Å². The third-order valence-corrected chi connectivity index (χ3v) is 4.67. The Bertz CT molecular complexity index is 437. The molecule has 0 heterocycles. The van der Waals surface area contributed by atoms with E-state index < -0.39 is 0 Å². The van der Waals surface area contributed by atoms with Crippen LogP contribution in [0.3, 0.4) is 0 Å². The number of aryl methyl sites for hydroxylation is 1. The maximum atomic E-state index is 6.28. The summed E-state index contributed by atoms with van der Waals surface area (Å²) in [7, 11) is 0. The van der Waals surface area contributed by atoms with Gasteiger partial charge < -0.3 is 10.5 Å². The van der Waals surface area contributed by atoms with E-state index in [-0.39, 0.29) is 6.04 Å². The second-order valence-corrected chi connectivity index (χ2v) is 7.57. The van der Waals surface area contributed by atoms with E-state index in [4.69, 9.17) is 10.5 Å². The van der Waals surface area contributed by atoms with Crippen LogP contribution in [-0.2, 0) is 11.2 Å². The lowest BCUT2D eigenvalue weighted by Crippen LogP contribution is -2.34. The number of rotatable bonds is 5. The van der Waals surface area contributed by atoms with Gasteiger partial charge in [0.25, 0.3) is 0 Å². The minimum atomic E-state index is -0.0174. The smallest absolute Gasteiger partial charge is 0.0663 e. The van der Waals surface area contributed by atoms with E-state index in [1.54, 1.807) is 0 Å². The first-order chi connectivity index (χ1) is 9.89. The lowest BCUT2D eigenvalue weighted by atomic mass is 9.71. The molecule has 3 unspecified atom stereocenters. The quantitative estimate of drug-likeness (QED) is 0.867. The predicted molar refractivity (Wildman–Crippen MR) is 89.3 cm³/mol. The van der Waals surface area contributed by atoms with Gasteiger partial charge in [0.1, 0.15) is 0 Å². The molecule has 1 aliphatic carbocycles. The maximum Gasteiger partial charge on any atom is 0.0663 e. The molecular formula is C19H31NO. The minimum Gasteiger partial charge on any atom is -0.376 e. The average molecular weight is 289 g/mol. The van der Waals surface area contributed by atoms with Gasteiger partial charge in [-0.3, -0.25) is 0 Å². The Morgan fingerprint density at radius 1 is 1.24 bits per heavy atom. The standard InChI is InChI=1S/C19H31NO/c1-5-15-6-8-16(9-7-15)18(20)13-21-17-10-14(2)11-19(3,4)12-17/h6-9,14,17-18H,5,10-13,20H2,1-4H3. The van der Waals surface area contributed by atoms with Crippen molar-refractivity contribution in [2.24, 2.45) is 17.1 Å². The van der Waals surface area contributed by atoms with Gasteiger partial charge in [0.2, 0.25) is 0 Å². The first-order valence-electron chi connectivity index (χ1n) is 8.35. The van der Waals surface area contributed by atoms with Crippen LogP contribution in [0.4, 0.5) is 0 Å². The number of hydrogen-bond donors (Lipinski definition) is 1. The number of benzene rings is 1. The molecule has 0 spiro atoms. The molecule has 0 aromatic heterocycles. The summed E-state index contributed by atoms with van der Waals surface area (Å²) in [5, 5.41) is 0. The van der Waals surface area contributed by atoms with Gasteiger partial charge in [0, 0.05) is 0 Å². The Morgan fingerprint density at radius 3 is 2.48 bits per heavy atom. The van der Waals surface area contributed by atoms with Crippen LogP contribution in [-0.4, -0.2) is 12.7 Å². The summed E-state index contributed by atoms with van der Waals surface area (Å²) in [6, 6.07) is 8.60. The zero-order chi connectivity index (χ0) is 15.5. The van der Waals surface area contributed by atoms with Gasteiger partial charge in [-0.2, -0.15) is 0 Å². The molecule has 3 atom stereocenters. The van der Waals surface area contributed by atoms with Gasteiger partial charge in [-0.05, 0) is 48.1 Å². The van der Waals surface area contributed by atoms with Crippen LogP contribution in [0.15, 0.2) is 24.3 Å². The highest BCUT2D eigenvalue weighted by molar-refractivity contribution is 5.24. The first-order valence-corrected chi connectivity index (χ1v) is 8.35. The molecule has 1 fully saturated rings. The highest BCUT2D eigenvalue weighted by atomic mass is 16.5. The Kier molecular flexibility index (Phi) is 5.45. The molecule has 0 radical (unpaired) electrons. The average Bonchev–Trinajstić information content (AvgIpc) is 2.43. The highest BCUT2D eigenvalue weighted by Gasteiger charge is 2.32. The third kappa shape index (κ3) is 4.82. The Morgan fingerprint density at radius 2 is 1.90 bits per heavy atom. The van der Waals surface area contributed by atoms with Crippen LogP contribution in [0.1, 0.15) is 64.1 Å². The Balaban J connectivity index is 1.86. The lowest BCUT2D eigenvalue weighted by molar-refractivity contribution is -0.0278.